The van der Waals surface area contributed by atoms with Gasteiger partial charge in [0.25, 0.3) is 0 Å². The van der Waals surface area contributed by atoms with Crippen LogP contribution in [0, 0.1) is 5.82 Å². The number of hydrogen-bond acceptors (Lipinski definition) is 2. The minimum absolute atomic E-state index is 0.251. The van der Waals surface area contributed by atoms with Crippen molar-refractivity contribution >= 4 is 11.3 Å². The summed E-state index contributed by atoms with van der Waals surface area (Å²) in [5, 5.41) is 10.1. The standard InChI is InChI=1S/C14H15FOS/c1-2-11-7-8-14(17-11)13(16)9-10-5-3-4-6-12(10)15/h3-8,13,16H,2,9H2,1H3. The lowest BCUT2D eigenvalue weighted by Crippen LogP contribution is -2.01. The molecule has 1 unspecified atom stereocenters. The van der Waals surface area contributed by atoms with Crippen molar-refractivity contribution in [2.45, 2.75) is 25.9 Å². The summed E-state index contributed by atoms with van der Waals surface area (Å²) in [6.45, 7) is 2.08. The summed E-state index contributed by atoms with van der Waals surface area (Å²) in [6, 6.07) is 10.5. The van der Waals surface area contributed by atoms with E-state index in [4.69, 9.17) is 0 Å². The van der Waals surface area contributed by atoms with Gasteiger partial charge >= 0.3 is 0 Å². The van der Waals surface area contributed by atoms with Crippen molar-refractivity contribution in [3.63, 3.8) is 0 Å². The van der Waals surface area contributed by atoms with E-state index in [2.05, 4.69) is 6.92 Å². The fourth-order valence-corrected chi connectivity index (χ4v) is 2.68. The number of aliphatic hydroxyl groups is 1. The van der Waals surface area contributed by atoms with E-state index in [9.17, 15) is 9.50 Å². The summed E-state index contributed by atoms with van der Waals surface area (Å²) in [6.07, 6.45) is 0.685. The summed E-state index contributed by atoms with van der Waals surface area (Å²) < 4.78 is 13.4. The molecule has 0 aliphatic rings. The van der Waals surface area contributed by atoms with Gasteiger partial charge in [0.1, 0.15) is 5.82 Å². The first-order chi connectivity index (χ1) is 8.20. The van der Waals surface area contributed by atoms with Crippen LogP contribution >= 0.6 is 11.3 Å². The van der Waals surface area contributed by atoms with Gasteiger partial charge in [-0.15, -0.1) is 11.3 Å². The number of benzene rings is 1. The molecule has 0 aliphatic carbocycles. The highest BCUT2D eigenvalue weighted by Crippen LogP contribution is 2.26. The third-order valence-electron chi connectivity index (χ3n) is 2.73. The number of aliphatic hydroxyl groups excluding tert-OH is 1. The maximum absolute atomic E-state index is 13.4. The highest BCUT2D eigenvalue weighted by molar-refractivity contribution is 7.12. The first-order valence-electron chi connectivity index (χ1n) is 5.70. The van der Waals surface area contributed by atoms with Crippen LogP contribution in [0.1, 0.15) is 28.3 Å². The van der Waals surface area contributed by atoms with Crippen LogP contribution in [-0.4, -0.2) is 5.11 Å². The molecular weight excluding hydrogens is 235 g/mol. The van der Waals surface area contributed by atoms with Gasteiger partial charge in [-0.05, 0) is 30.2 Å². The van der Waals surface area contributed by atoms with Gasteiger partial charge in [-0.1, -0.05) is 25.1 Å². The van der Waals surface area contributed by atoms with Crippen LogP contribution in [0.4, 0.5) is 4.39 Å². The van der Waals surface area contributed by atoms with Gasteiger partial charge in [0.15, 0.2) is 0 Å². The van der Waals surface area contributed by atoms with Crippen LogP contribution in [0.15, 0.2) is 36.4 Å². The first-order valence-corrected chi connectivity index (χ1v) is 6.52. The van der Waals surface area contributed by atoms with Crippen LogP contribution in [0.25, 0.3) is 0 Å². The van der Waals surface area contributed by atoms with Crippen molar-refractivity contribution in [2.24, 2.45) is 0 Å². The Bertz CT molecular complexity index is 492. The Hall–Kier alpha value is -1.19. The Kier molecular flexibility index (Phi) is 3.92. The molecule has 1 N–H and O–H groups in total. The minimum atomic E-state index is -0.614. The molecule has 1 aromatic heterocycles. The minimum Gasteiger partial charge on any atom is -0.387 e. The normalized spacial score (nSPS) is 12.6. The van der Waals surface area contributed by atoms with Crippen LogP contribution in [0.5, 0.6) is 0 Å². The quantitative estimate of drug-likeness (QED) is 0.876. The molecule has 1 heterocycles. The van der Waals surface area contributed by atoms with E-state index < -0.39 is 6.10 Å². The molecule has 3 heteroatoms. The summed E-state index contributed by atoms with van der Waals surface area (Å²) in [5.41, 5.74) is 0.562. The van der Waals surface area contributed by atoms with Gasteiger partial charge in [0.2, 0.25) is 0 Å². The van der Waals surface area contributed by atoms with Crippen LogP contribution in [-0.2, 0) is 12.8 Å². The maximum atomic E-state index is 13.4. The molecule has 17 heavy (non-hydrogen) atoms. The molecule has 0 aliphatic heterocycles. The number of aryl methyl sites for hydroxylation is 1. The maximum Gasteiger partial charge on any atom is 0.126 e. The second kappa shape index (κ2) is 5.43. The number of hydrogen-bond donors (Lipinski definition) is 1. The van der Waals surface area contributed by atoms with Crippen molar-refractivity contribution in [3.05, 3.63) is 57.5 Å². The molecule has 0 amide bonds. The lowest BCUT2D eigenvalue weighted by Gasteiger charge is -2.09. The third kappa shape index (κ3) is 2.93. The van der Waals surface area contributed by atoms with E-state index in [1.807, 2.05) is 12.1 Å². The number of thiophene rings is 1. The van der Waals surface area contributed by atoms with Crippen LogP contribution in [0.3, 0.4) is 0 Å². The highest BCUT2D eigenvalue weighted by Gasteiger charge is 2.13. The largest absolute Gasteiger partial charge is 0.387 e. The Morgan fingerprint density at radius 2 is 2.00 bits per heavy atom. The predicted octanol–water partition coefficient (Wildman–Crippen LogP) is 3.73. The fourth-order valence-electron chi connectivity index (χ4n) is 1.74. The summed E-state index contributed by atoms with van der Waals surface area (Å²) in [4.78, 5) is 2.15. The Balaban J connectivity index is 2.11. The molecule has 0 radical (unpaired) electrons. The van der Waals surface area contributed by atoms with Gasteiger partial charge in [-0.25, -0.2) is 4.39 Å². The second-order valence-corrected chi connectivity index (χ2v) is 5.17. The molecule has 1 nitrogen and oxygen atoms in total. The number of halogens is 1. The molecule has 1 aromatic carbocycles. The van der Waals surface area contributed by atoms with Crippen molar-refractivity contribution < 1.29 is 9.50 Å². The van der Waals surface area contributed by atoms with Crippen molar-refractivity contribution in [1.29, 1.82) is 0 Å². The van der Waals surface area contributed by atoms with E-state index in [1.54, 1.807) is 29.5 Å². The zero-order valence-electron chi connectivity index (χ0n) is 9.69. The summed E-state index contributed by atoms with van der Waals surface area (Å²) >= 11 is 1.59. The molecule has 0 spiro atoms. The monoisotopic (exact) mass is 250 g/mol. The van der Waals surface area contributed by atoms with Crippen molar-refractivity contribution in [2.75, 3.05) is 0 Å². The zero-order valence-corrected chi connectivity index (χ0v) is 10.5. The average molecular weight is 250 g/mol. The lowest BCUT2D eigenvalue weighted by atomic mass is 10.1. The third-order valence-corrected chi connectivity index (χ3v) is 4.06. The molecule has 0 bridgehead atoms. The zero-order chi connectivity index (χ0) is 12.3. The van der Waals surface area contributed by atoms with Crippen LogP contribution in [0.2, 0.25) is 0 Å². The van der Waals surface area contributed by atoms with Gasteiger partial charge in [-0.3, -0.25) is 0 Å². The highest BCUT2D eigenvalue weighted by atomic mass is 32.1. The lowest BCUT2D eigenvalue weighted by molar-refractivity contribution is 0.181. The molecule has 2 rings (SSSR count). The SMILES string of the molecule is CCc1ccc(C(O)Cc2ccccc2F)s1. The molecular formula is C14H15FOS. The van der Waals surface area contributed by atoms with E-state index in [0.717, 1.165) is 11.3 Å². The summed E-state index contributed by atoms with van der Waals surface area (Å²) in [7, 11) is 0. The summed E-state index contributed by atoms with van der Waals surface area (Å²) in [5.74, 6) is -0.251. The Labute approximate surface area is 105 Å². The smallest absolute Gasteiger partial charge is 0.126 e. The first kappa shape index (κ1) is 12.3. The van der Waals surface area contributed by atoms with Gasteiger partial charge in [0, 0.05) is 16.2 Å². The van der Waals surface area contributed by atoms with Gasteiger partial charge in [0.05, 0.1) is 6.10 Å². The van der Waals surface area contributed by atoms with Gasteiger partial charge < -0.3 is 5.11 Å². The molecule has 2 aromatic rings. The topological polar surface area (TPSA) is 20.2 Å². The van der Waals surface area contributed by atoms with E-state index >= 15 is 0 Å². The molecule has 0 fully saturated rings. The average Bonchev–Trinajstić information content (AvgIpc) is 2.81. The Morgan fingerprint density at radius 1 is 1.24 bits per heavy atom. The van der Waals surface area contributed by atoms with E-state index in [0.29, 0.717) is 12.0 Å². The van der Waals surface area contributed by atoms with Crippen LogP contribution < -0.4 is 0 Å². The predicted molar refractivity (Wildman–Crippen MR) is 68.8 cm³/mol. The number of rotatable bonds is 4. The molecule has 1 atom stereocenters. The molecule has 0 saturated heterocycles. The van der Waals surface area contributed by atoms with E-state index in [-0.39, 0.29) is 5.82 Å². The van der Waals surface area contributed by atoms with E-state index in [1.165, 1.54) is 10.9 Å². The fraction of sp³-hybridized carbons (Fsp3) is 0.286. The Morgan fingerprint density at radius 3 is 2.65 bits per heavy atom. The molecule has 0 saturated carbocycles. The van der Waals surface area contributed by atoms with Crippen molar-refractivity contribution in [1.82, 2.24) is 0 Å². The second-order valence-electron chi connectivity index (χ2n) is 3.97. The molecule has 90 valence electrons. The van der Waals surface area contributed by atoms with Crippen molar-refractivity contribution in [3.8, 4) is 0 Å². The van der Waals surface area contributed by atoms with Gasteiger partial charge in [-0.2, -0.15) is 0 Å².